The van der Waals surface area contributed by atoms with Crippen LogP contribution in [0, 0.1) is 0 Å². The van der Waals surface area contributed by atoms with E-state index >= 15 is 0 Å². The van der Waals surface area contributed by atoms with E-state index < -0.39 is 10.2 Å². The van der Waals surface area contributed by atoms with Crippen LogP contribution >= 0.6 is 0 Å². The van der Waals surface area contributed by atoms with E-state index in [0.29, 0.717) is 19.6 Å². The van der Waals surface area contributed by atoms with Crippen LogP contribution in [0.4, 0.5) is 0 Å². The Balaban J connectivity index is 1.41. The predicted octanol–water partition coefficient (Wildman–Crippen LogP) is 0.916. The smallest absolute Gasteiger partial charge is 0.367 e. The SMILES string of the molecule is CNC1=NS(=O)(=O)N=C1NCCCOc1cccc(CN2CCCC2)c1. The molecular formula is C17H25N5O3S. The van der Waals surface area contributed by atoms with Crippen LogP contribution in [-0.4, -0.2) is 58.3 Å². The van der Waals surface area contributed by atoms with Gasteiger partial charge in [0, 0.05) is 20.1 Å². The van der Waals surface area contributed by atoms with Crippen molar-refractivity contribution in [1.82, 2.24) is 15.5 Å². The molecular weight excluding hydrogens is 354 g/mol. The monoisotopic (exact) mass is 379 g/mol. The molecule has 26 heavy (non-hydrogen) atoms. The molecule has 0 amide bonds. The average molecular weight is 379 g/mol. The first-order valence-corrected chi connectivity index (χ1v) is 10.3. The van der Waals surface area contributed by atoms with E-state index in [1.165, 1.54) is 31.5 Å². The molecule has 2 aliphatic heterocycles. The van der Waals surface area contributed by atoms with Gasteiger partial charge in [0.1, 0.15) is 5.75 Å². The molecule has 0 radical (unpaired) electrons. The molecule has 0 aromatic heterocycles. The Morgan fingerprint density at radius 2 is 1.96 bits per heavy atom. The van der Waals surface area contributed by atoms with Gasteiger partial charge in [-0.1, -0.05) is 12.1 Å². The molecule has 8 nitrogen and oxygen atoms in total. The van der Waals surface area contributed by atoms with Crippen LogP contribution in [0.1, 0.15) is 24.8 Å². The van der Waals surface area contributed by atoms with Crippen molar-refractivity contribution in [2.75, 3.05) is 33.3 Å². The largest absolute Gasteiger partial charge is 0.494 e. The highest BCUT2D eigenvalue weighted by Gasteiger charge is 2.22. The van der Waals surface area contributed by atoms with Gasteiger partial charge in [-0.05, 0) is 50.0 Å². The molecule has 1 saturated heterocycles. The number of nitrogens with one attached hydrogen (secondary N) is 2. The third-order valence-corrected chi connectivity index (χ3v) is 5.09. The van der Waals surface area contributed by atoms with Crippen molar-refractivity contribution in [3.8, 4) is 5.75 Å². The molecule has 2 heterocycles. The van der Waals surface area contributed by atoms with Crippen LogP contribution in [0.5, 0.6) is 5.75 Å². The molecule has 0 aliphatic carbocycles. The van der Waals surface area contributed by atoms with Crippen molar-refractivity contribution >= 4 is 21.9 Å². The van der Waals surface area contributed by atoms with Gasteiger partial charge in [-0.3, -0.25) is 4.90 Å². The van der Waals surface area contributed by atoms with E-state index in [4.69, 9.17) is 4.74 Å². The zero-order valence-corrected chi connectivity index (χ0v) is 15.8. The summed E-state index contributed by atoms with van der Waals surface area (Å²) >= 11 is 0. The van der Waals surface area contributed by atoms with E-state index in [0.717, 1.165) is 12.3 Å². The van der Waals surface area contributed by atoms with Crippen molar-refractivity contribution in [2.24, 2.45) is 8.80 Å². The summed E-state index contributed by atoms with van der Waals surface area (Å²) in [6.07, 6.45) is 3.29. The first-order chi connectivity index (χ1) is 12.6. The summed E-state index contributed by atoms with van der Waals surface area (Å²) in [7, 11) is -2.14. The molecule has 3 rings (SSSR count). The Hall–Kier alpha value is -2.13. The van der Waals surface area contributed by atoms with E-state index in [2.05, 4.69) is 36.5 Å². The quantitative estimate of drug-likeness (QED) is 0.684. The molecule has 0 unspecified atom stereocenters. The van der Waals surface area contributed by atoms with Gasteiger partial charge in [0.05, 0.1) is 6.61 Å². The van der Waals surface area contributed by atoms with E-state index in [-0.39, 0.29) is 11.7 Å². The minimum Gasteiger partial charge on any atom is -0.494 e. The zero-order chi connectivity index (χ0) is 18.4. The molecule has 142 valence electrons. The summed E-state index contributed by atoms with van der Waals surface area (Å²) in [6.45, 7) is 4.40. The molecule has 0 atom stereocenters. The van der Waals surface area contributed by atoms with Crippen molar-refractivity contribution in [3.05, 3.63) is 29.8 Å². The Morgan fingerprint density at radius 1 is 1.19 bits per heavy atom. The van der Waals surface area contributed by atoms with Crippen LogP contribution in [-0.2, 0) is 16.8 Å². The minimum absolute atomic E-state index is 0.237. The Morgan fingerprint density at radius 3 is 2.73 bits per heavy atom. The predicted molar refractivity (Wildman–Crippen MR) is 102 cm³/mol. The summed E-state index contributed by atoms with van der Waals surface area (Å²) in [5, 5.41) is 5.69. The van der Waals surface area contributed by atoms with Gasteiger partial charge >= 0.3 is 10.2 Å². The maximum absolute atomic E-state index is 11.4. The zero-order valence-electron chi connectivity index (χ0n) is 14.9. The van der Waals surface area contributed by atoms with Gasteiger partial charge in [-0.15, -0.1) is 8.80 Å². The Labute approximate surface area is 154 Å². The number of ether oxygens (including phenoxy) is 1. The number of benzene rings is 1. The second-order valence-electron chi connectivity index (χ2n) is 6.34. The highest BCUT2D eigenvalue weighted by molar-refractivity contribution is 7.89. The number of likely N-dealkylation sites (N-methyl/N-ethyl adjacent to an activating group) is 1. The average Bonchev–Trinajstić information content (AvgIpc) is 3.22. The van der Waals surface area contributed by atoms with Crippen LogP contribution in [0.15, 0.2) is 33.1 Å². The molecule has 0 bridgehead atoms. The van der Waals surface area contributed by atoms with Crippen molar-refractivity contribution in [1.29, 1.82) is 0 Å². The molecule has 0 spiro atoms. The number of likely N-dealkylation sites (tertiary alicyclic amines) is 1. The van der Waals surface area contributed by atoms with Crippen LogP contribution in [0.2, 0.25) is 0 Å². The van der Waals surface area contributed by atoms with Gasteiger partial charge in [-0.2, -0.15) is 8.42 Å². The van der Waals surface area contributed by atoms with Gasteiger partial charge in [-0.25, -0.2) is 0 Å². The summed E-state index contributed by atoms with van der Waals surface area (Å²) in [5.74, 6) is 1.35. The number of hydrogen-bond acceptors (Lipinski definition) is 6. The van der Waals surface area contributed by atoms with Gasteiger partial charge in [0.15, 0.2) is 11.7 Å². The molecule has 9 heteroatoms. The summed E-state index contributed by atoms with van der Waals surface area (Å²) in [5.41, 5.74) is 1.27. The maximum Gasteiger partial charge on any atom is 0.367 e. The summed E-state index contributed by atoms with van der Waals surface area (Å²) < 4.78 is 35.6. The van der Waals surface area contributed by atoms with Crippen molar-refractivity contribution in [3.63, 3.8) is 0 Å². The van der Waals surface area contributed by atoms with E-state index in [1.54, 1.807) is 7.05 Å². The third-order valence-electron chi connectivity index (χ3n) is 4.26. The lowest BCUT2D eigenvalue weighted by molar-refractivity contribution is 0.308. The minimum atomic E-state index is -3.74. The number of hydrogen-bond donors (Lipinski definition) is 2. The Bertz CT molecular complexity index is 785. The van der Waals surface area contributed by atoms with Gasteiger partial charge < -0.3 is 15.4 Å². The summed E-state index contributed by atoms with van der Waals surface area (Å²) in [6, 6.07) is 8.20. The van der Waals surface area contributed by atoms with Crippen molar-refractivity contribution < 1.29 is 13.2 Å². The highest BCUT2D eigenvalue weighted by atomic mass is 32.2. The van der Waals surface area contributed by atoms with E-state index in [1.807, 2.05) is 12.1 Å². The highest BCUT2D eigenvalue weighted by Crippen LogP contribution is 2.17. The molecule has 1 aromatic carbocycles. The normalized spacial score (nSPS) is 19.1. The number of nitrogens with zero attached hydrogens (tertiary/aromatic N) is 3. The second-order valence-corrected chi connectivity index (χ2v) is 7.60. The molecule has 0 saturated carbocycles. The van der Waals surface area contributed by atoms with Crippen LogP contribution in [0.25, 0.3) is 0 Å². The van der Waals surface area contributed by atoms with Gasteiger partial charge in [0.2, 0.25) is 0 Å². The van der Waals surface area contributed by atoms with Crippen molar-refractivity contribution in [2.45, 2.75) is 25.8 Å². The standard InChI is InChI=1S/C17H25N5O3S/c1-18-16-17(21-26(23,24)20-16)19-8-5-11-25-15-7-4-6-14(12-15)13-22-9-2-3-10-22/h4,6-7,12H,2-3,5,8-11,13H2,1H3,(H,18,20)(H,19,21). The van der Waals surface area contributed by atoms with E-state index in [9.17, 15) is 8.42 Å². The lowest BCUT2D eigenvalue weighted by Gasteiger charge is -2.15. The molecule has 2 N–H and O–H groups in total. The summed E-state index contributed by atoms with van der Waals surface area (Å²) in [4.78, 5) is 2.46. The van der Waals surface area contributed by atoms with Crippen LogP contribution < -0.4 is 15.4 Å². The number of amidine groups is 2. The first kappa shape index (κ1) is 18.7. The maximum atomic E-state index is 11.4. The first-order valence-electron chi connectivity index (χ1n) is 8.87. The fourth-order valence-electron chi connectivity index (χ4n) is 3.02. The molecule has 2 aliphatic rings. The number of rotatable bonds is 7. The topological polar surface area (TPSA) is 95.4 Å². The molecule has 1 aromatic rings. The van der Waals surface area contributed by atoms with Gasteiger partial charge in [0.25, 0.3) is 0 Å². The Kier molecular flexibility index (Phi) is 6.10. The fourth-order valence-corrected chi connectivity index (χ4v) is 3.85. The lowest BCUT2D eigenvalue weighted by atomic mass is 10.2. The third kappa shape index (κ3) is 5.18. The second kappa shape index (κ2) is 8.50. The lowest BCUT2D eigenvalue weighted by Crippen LogP contribution is -2.37. The van der Waals surface area contributed by atoms with Crippen LogP contribution in [0.3, 0.4) is 0 Å². The molecule has 1 fully saturated rings. The fraction of sp³-hybridized carbons (Fsp3) is 0.529.